The lowest BCUT2D eigenvalue weighted by atomic mass is 10.3. The third kappa shape index (κ3) is 3.16. The molecule has 0 saturated carbocycles. The lowest BCUT2D eigenvalue weighted by molar-refractivity contribution is 0.601. The molecule has 0 radical (unpaired) electrons. The van der Waals surface area contributed by atoms with E-state index < -0.39 is 10.0 Å². The summed E-state index contributed by atoms with van der Waals surface area (Å²) in [5.74, 6) is 0. The lowest BCUT2D eigenvalue weighted by Crippen LogP contribution is -2.15. The van der Waals surface area contributed by atoms with E-state index in [2.05, 4.69) is 37.6 Å². The molecule has 2 N–H and O–H groups in total. The molecule has 0 atom stereocenters. The summed E-state index contributed by atoms with van der Waals surface area (Å²) in [6.45, 7) is 0. The molecular weight excluding hydrogens is 377 g/mol. The number of anilines is 2. The van der Waals surface area contributed by atoms with Crippen LogP contribution in [0.15, 0.2) is 47.6 Å². The second-order valence-corrected chi connectivity index (χ2v) is 6.52. The van der Waals surface area contributed by atoms with Gasteiger partial charge in [-0.05, 0) is 40.8 Å². The number of nitrogens with zero attached hydrogens (tertiary/aromatic N) is 1. The van der Waals surface area contributed by atoms with Crippen LogP contribution < -0.4 is 10.0 Å². The number of halogens is 1. The maximum atomic E-state index is 12.3. The van der Waals surface area contributed by atoms with Gasteiger partial charge in [-0.15, -0.1) is 0 Å². The van der Waals surface area contributed by atoms with Crippen molar-refractivity contribution in [1.29, 1.82) is 0 Å². The van der Waals surface area contributed by atoms with E-state index in [0.717, 1.165) is 3.57 Å². The van der Waals surface area contributed by atoms with E-state index in [1.807, 2.05) is 12.1 Å². The van der Waals surface area contributed by atoms with Crippen LogP contribution in [0.5, 0.6) is 0 Å². The Morgan fingerprint density at radius 1 is 1.16 bits per heavy atom. The molecule has 0 amide bonds. The van der Waals surface area contributed by atoms with Crippen LogP contribution in [0.2, 0.25) is 0 Å². The predicted octanol–water partition coefficient (Wildman–Crippen LogP) is 2.53. The second kappa shape index (κ2) is 5.74. The van der Waals surface area contributed by atoms with E-state index in [1.54, 1.807) is 25.2 Å². The Bertz CT molecular complexity index is 689. The minimum absolute atomic E-state index is 0.122. The maximum Gasteiger partial charge on any atom is 0.265 e. The number of nitrogens with one attached hydrogen (secondary N) is 2. The zero-order chi connectivity index (χ0) is 13.9. The van der Waals surface area contributed by atoms with Gasteiger partial charge < -0.3 is 5.32 Å². The zero-order valence-electron chi connectivity index (χ0n) is 10.1. The minimum atomic E-state index is -3.66. The van der Waals surface area contributed by atoms with Gasteiger partial charge in [-0.25, -0.2) is 8.42 Å². The summed E-state index contributed by atoms with van der Waals surface area (Å²) in [6, 6.07) is 8.80. The predicted molar refractivity (Wildman–Crippen MR) is 83.8 cm³/mol. The van der Waals surface area contributed by atoms with Crippen LogP contribution in [0, 0.1) is 3.57 Å². The van der Waals surface area contributed by atoms with E-state index in [-0.39, 0.29) is 4.90 Å². The van der Waals surface area contributed by atoms with Gasteiger partial charge in [0.15, 0.2) is 0 Å². The lowest BCUT2D eigenvalue weighted by Gasteiger charge is -2.12. The van der Waals surface area contributed by atoms with Crippen molar-refractivity contribution >= 4 is 44.0 Å². The molecule has 0 aliphatic carbocycles. The van der Waals surface area contributed by atoms with Gasteiger partial charge in [0, 0.05) is 23.0 Å². The molecule has 0 aliphatic rings. The number of rotatable bonds is 4. The average molecular weight is 389 g/mol. The fraction of sp³-hybridized carbons (Fsp3) is 0.0833. The molecule has 0 saturated heterocycles. The van der Waals surface area contributed by atoms with Crippen molar-refractivity contribution in [1.82, 2.24) is 4.98 Å². The number of hydrogen-bond acceptors (Lipinski definition) is 4. The fourth-order valence-corrected chi connectivity index (χ4v) is 3.49. The molecule has 0 unspecified atom stereocenters. The highest BCUT2D eigenvalue weighted by Crippen LogP contribution is 2.24. The highest BCUT2D eigenvalue weighted by Gasteiger charge is 2.19. The molecule has 1 heterocycles. The van der Waals surface area contributed by atoms with Crippen LogP contribution in [-0.2, 0) is 10.0 Å². The van der Waals surface area contributed by atoms with Crippen molar-refractivity contribution in [2.45, 2.75) is 4.90 Å². The number of aromatic nitrogens is 1. The molecule has 0 aliphatic heterocycles. The number of para-hydroxylation sites is 1. The van der Waals surface area contributed by atoms with E-state index in [4.69, 9.17) is 0 Å². The molecule has 7 heteroatoms. The molecule has 19 heavy (non-hydrogen) atoms. The monoisotopic (exact) mass is 389 g/mol. The molecule has 100 valence electrons. The first-order valence-electron chi connectivity index (χ1n) is 5.43. The molecule has 2 rings (SSSR count). The van der Waals surface area contributed by atoms with Crippen molar-refractivity contribution in [2.24, 2.45) is 0 Å². The van der Waals surface area contributed by atoms with E-state index in [0.29, 0.717) is 11.4 Å². The highest BCUT2D eigenvalue weighted by atomic mass is 127. The summed E-state index contributed by atoms with van der Waals surface area (Å²) in [4.78, 5) is 3.98. The third-order valence-corrected chi connectivity index (χ3v) is 4.80. The number of pyridine rings is 1. The van der Waals surface area contributed by atoms with Crippen LogP contribution in [0.4, 0.5) is 11.4 Å². The summed E-state index contributed by atoms with van der Waals surface area (Å²) >= 11 is 2.08. The van der Waals surface area contributed by atoms with Crippen LogP contribution in [0.3, 0.4) is 0 Å². The van der Waals surface area contributed by atoms with Gasteiger partial charge in [-0.1, -0.05) is 12.1 Å². The van der Waals surface area contributed by atoms with Crippen molar-refractivity contribution in [3.8, 4) is 0 Å². The molecule has 5 nitrogen and oxygen atoms in total. The minimum Gasteiger partial charge on any atom is -0.387 e. The van der Waals surface area contributed by atoms with E-state index >= 15 is 0 Å². The van der Waals surface area contributed by atoms with Crippen molar-refractivity contribution < 1.29 is 8.42 Å². The first kappa shape index (κ1) is 14.1. The van der Waals surface area contributed by atoms with Crippen molar-refractivity contribution in [3.05, 3.63) is 46.3 Å². The summed E-state index contributed by atoms with van der Waals surface area (Å²) in [5.41, 5.74) is 1.06. The fourth-order valence-electron chi connectivity index (χ4n) is 1.54. The summed E-state index contributed by atoms with van der Waals surface area (Å²) in [5, 5.41) is 2.84. The van der Waals surface area contributed by atoms with Gasteiger partial charge in [0.1, 0.15) is 4.90 Å². The normalized spacial score (nSPS) is 11.1. The van der Waals surface area contributed by atoms with Gasteiger partial charge in [-0.3, -0.25) is 9.71 Å². The number of sulfonamides is 1. The summed E-state index contributed by atoms with van der Waals surface area (Å²) in [7, 11) is -1.99. The zero-order valence-corrected chi connectivity index (χ0v) is 13.1. The van der Waals surface area contributed by atoms with Crippen molar-refractivity contribution in [3.63, 3.8) is 0 Å². The first-order valence-corrected chi connectivity index (χ1v) is 8.00. The Morgan fingerprint density at radius 2 is 1.89 bits per heavy atom. The quantitative estimate of drug-likeness (QED) is 0.789. The standard InChI is InChI=1S/C12H12IN3O2S/c1-14-11-6-7-15-8-12(11)19(17,18)16-10-5-3-2-4-9(10)13/h2-8,16H,1H3,(H,14,15). The van der Waals surface area contributed by atoms with Crippen molar-refractivity contribution in [2.75, 3.05) is 17.1 Å². The van der Waals surface area contributed by atoms with Crippen LogP contribution in [0.25, 0.3) is 0 Å². The maximum absolute atomic E-state index is 12.3. The number of benzene rings is 1. The van der Waals surface area contributed by atoms with Crippen LogP contribution in [-0.4, -0.2) is 20.4 Å². The van der Waals surface area contributed by atoms with Gasteiger partial charge >= 0.3 is 0 Å². The first-order chi connectivity index (χ1) is 9.04. The Hall–Kier alpha value is -1.35. The molecule has 1 aromatic heterocycles. The van der Waals surface area contributed by atoms with Crippen LogP contribution >= 0.6 is 22.6 Å². The highest BCUT2D eigenvalue weighted by molar-refractivity contribution is 14.1. The smallest absolute Gasteiger partial charge is 0.265 e. The Balaban J connectivity index is 2.41. The SMILES string of the molecule is CNc1ccncc1S(=O)(=O)Nc1ccccc1I. The second-order valence-electron chi connectivity index (χ2n) is 3.71. The molecule has 2 aromatic rings. The Morgan fingerprint density at radius 3 is 2.58 bits per heavy atom. The number of hydrogen-bond donors (Lipinski definition) is 2. The average Bonchev–Trinajstić information content (AvgIpc) is 2.41. The summed E-state index contributed by atoms with van der Waals surface area (Å²) in [6.07, 6.45) is 2.86. The van der Waals surface area contributed by atoms with Gasteiger partial charge in [0.25, 0.3) is 10.0 Å². The topological polar surface area (TPSA) is 71.1 Å². The molecule has 0 bridgehead atoms. The van der Waals surface area contributed by atoms with E-state index in [9.17, 15) is 8.42 Å². The van der Waals surface area contributed by atoms with Crippen LogP contribution in [0.1, 0.15) is 0 Å². The van der Waals surface area contributed by atoms with Gasteiger partial charge in [-0.2, -0.15) is 0 Å². The van der Waals surface area contributed by atoms with Gasteiger partial charge in [0.2, 0.25) is 0 Å². The largest absolute Gasteiger partial charge is 0.387 e. The Labute approximate surface area is 125 Å². The molecule has 0 fully saturated rings. The van der Waals surface area contributed by atoms with E-state index in [1.165, 1.54) is 12.4 Å². The summed E-state index contributed by atoms with van der Waals surface area (Å²) < 4.78 is 28.1. The molecule has 1 aromatic carbocycles. The van der Waals surface area contributed by atoms with Gasteiger partial charge in [0.05, 0.1) is 11.4 Å². The molecule has 0 spiro atoms. The third-order valence-electron chi connectivity index (χ3n) is 2.46. The molecular formula is C12H12IN3O2S. The Kier molecular flexibility index (Phi) is 4.25.